The first-order valence-corrected chi connectivity index (χ1v) is 12.1. The molecule has 0 saturated heterocycles. The van der Waals surface area contributed by atoms with E-state index < -0.39 is 0 Å². The van der Waals surface area contributed by atoms with E-state index in [1.54, 1.807) is 6.07 Å². The summed E-state index contributed by atoms with van der Waals surface area (Å²) in [6.07, 6.45) is 0. The van der Waals surface area contributed by atoms with Crippen molar-refractivity contribution in [2.24, 2.45) is 0 Å². The molecule has 0 N–H and O–H groups in total. The third-order valence-electron chi connectivity index (χ3n) is 7.19. The molecule has 7 aromatic rings. The number of hydrogen-bond acceptors (Lipinski definition) is 3. The maximum Gasteiger partial charge on any atom is 0.101 e. The van der Waals surface area contributed by atoms with E-state index in [1.165, 1.54) is 0 Å². The summed E-state index contributed by atoms with van der Waals surface area (Å²) < 4.78 is 4.30. The number of aromatic nitrogens is 2. The lowest BCUT2D eigenvalue weighted by molar-refractivity contribution is 1.16. The molecule has 0 atom stereocenters. The van der Waals surface area contributed by atoms with Crippen molar-refractivity contribution in [3.8, 4) is 29.6 Å². The Morgan fingerprint density at radius 2 is 1.13 bits per heavy atom. The average Bonchev–Trinajstić information content (AvgIpc) is 3.49. The van der Waals surface area contributed by atoms with Gasteiger partial charge in [-0.05, 0) is 60.7 Å². The third kappa shape index (κ3) is 2.89. The largest absolute Gasteiger partial charge is 0.309 e. The summed E-state index contributed by atoms with van der Waals surface area (Å²) in [4.78, 5) is 0. The number of nitriles is 3. The molecule has 0 fully saturated rings. The van der Waals surface area contributed by atoms with Gasteiger partial charge in [0.1, 0.15) is 6.07 Å². The van der Waals surface area contributed by atoms with Gasteiger partial charge in [0.25, 0.3) is 0 Å². The molecule has 7 rings (SSSR count). The van der Waals surface area contributed by atoms with Crippen molar-refractivity contribution < 1.29 is 0 Å². The Morgan fingerprint density at radius 3 is 1.89 bits per heavy atom. The zero-order chi connectivity index (χ0) is 25.8. The van der Waals surface area contributed by atoms with Crippen molar-refractivity contribution in [2.75, 3.05) is 0 Å². The lowest BCUT2D eigenvalue weighted by Crippen LogP contribution is -2.00. The minimum atomic E-state index is 0.554. The van der Waals surface area contributed by atoms with Gasteiger partial charge in [-0.25, -0.2) is 0 Å². The van der Waals surface area contributed by atoms with Gasteiger partial charge in [0, 0.05) is 27.2 Å². The Morgan fingerprint density at radius 1 is 0.474 bits per heavy atom. The van der Waals surface area contributed by atoms with Crippen LogP contribution in [-0.2, 0) is 0 Å². The van der Waals surface area contributed by atoms with E-state index in [0.29, 0.717) is 16.7 Å². The van der Waals surface area contributed by atoms with Crippen molar-refractivity contribution in [1.82, 2.24) is 9.13 Å². The maximum atomic E-state index is 10.3. The van der Waals surface area contributed by atoms with Crippen molar-refractivity contribution in [2.45, 2.75) is 0 Å². The van der Waals surface area contributed by atoms with Crippen LogP contribution in [0.5, 0.6) is 0 Å². The summed E-state index contributed by atoms with van der Waals surface area (Å²) in [5, 5.41) is 33.4. The Balaban J connectivity index is 1.71. The normalized spacial score (nSPS) is 11.1. The van der Waals surface area contributed by atoms with Gasteiger partial charge in [-0.2, -0.15) is 15.8 Å². The van der Waals surface area contributed by atoms with Crippen molar-refractivity contribution >= 4 is 43.6 Å². The van der Waals surface area contributed by atoms with Crippen LogP contribution >= 0.6 is 0 Å². The molecule has 0 spiro atoms. The van der Waals surface area contributed by atoms with Crippen LogP contribution in [-0.4, -0.2) is 9.13 Å². The first-order chi connectivity index (χ1) is 18.7. The Hall–Kier alpha value is -5.83. The fourth-order valence-corrected chi connectivity index (χ4v) is 5.64. The predicted molar refractivity (Wildman–Crippen MR) is 149 cm³/mol. The molecule has 0 bridgehead atoms. The van der Waals surface area contributed by atoms with E-state index in [2.05, 4.69) is 51.6 Å². The average molecular weight is 484 g/mol. The van der Waals surface area contributed by atoms with E-state index in [9.17, 15) is 15.8 Å². The van der Waals surface area contributed by atoms with Gasteiger partial charge >= 0.3 is 0 Å². The lowest BCUT2D eigenvalue weighted by Gasteiger charge is -2.13. The molecule has 0 unspecified atom stereocenters. The van der Waals surface area contributed by atoms with E-state index in [-0.39, 0.29) is 0 Å². The van der Waals surface area contributed by atoms with Gasteiger partial charge < -0.3 is 9.13 Å². The molecule has 0 aliphatic heterocycles. The molecule has 2 heterocycles. The quantitative estimate of drug-likeness (QED) is 0.255. The van der Waals surface area contributed by atoms with E-state index in [0.717, 1.165) is 55.0 Å². The highest BCUT2D eigenvalue weighted by Gasteiger charge is 2.22. The second-order valence-electron chi connectivity index (χ2n) is 9.18. The number of benzene rings is 5. The standard InChI is InChI=1S/C33H17N5/c34-18-21-6-5-7-24(16-21)37-29-11-4-2-9-26(29)32-31(37)15-13-23(20-36)33(32)38-28-10-3-1-8-25(28)27-17-22(19-35)12-14-30(27)38/h1-17H. The Kier molecular flexibility index (Phi) is 4.57. The number of rotatable bonds is 2. The Labute approximate surface area is 217 Å². The summed E-state index contributed by atoms with van der Waals surface area (Å²) in [5.74, 6) is 0. The zero-order valence-corrected chi connectivity index (χ0v) is 20.1. The first-order valence-electron chi connectivity index (χ1n) is 12.1. The third-order valence-corrected chi connectivity index (χ3v) is 7.19. The van der Waals surface area contributed by atoms with Crippen LogP contribution in [0.15, 0.2) is 103 Å². The van der Waals surface area contributed by atoms with Gasteiger partial charge in [-0.15, -0.1) is 0 Å². The minimum Gasteiger partial charge on any atom is -0.309 e. The van der Waals surface area contributed by atoms with Crippen LogP contribution in [0.25, 0.3) is 55.0 Å². The lowest BCUT2D eigenvalue weighted by atomic mass is 10.1. The summed E-state index contributed by atoms with van der Waals surface area (Å²) >= 11 is 0. The second kappa shape index (κ2) is 8.10. The van der Waals surface area contributed by atoms with Gasteiger partial charge in [0.05, 0.1) is 56.6 Å². The molecule has 0 aliphatic carbocycles. The summed E-state index contributed by atoms with van der Waals surface area (Å²) in [6, 6.07) is 40.3. The monoisotopic (exact) mass is 483 g/mol. The van der Waals surface area contributed by atoms with Crippen molar-refractivity contribution in [3.63, 3.8) is 0 Å². The van der Waals surface area contributed by atoms with E-state index in [4.69, 9.17) is 0 Å². The van der Waals surface area contributed by atoms with Gasteiger partial charge in [0.15, 0.2) is 0 Å². The van der Waals surface area contributed by atoms with Gasteiger partial charge in [-0.1, -0.05) is 42.5 Å². The highest BCUT2D eigenvalue weighted by atomic mass is 15.0. The summed E-state index contributed by atoms with van der Waals surface area (Å²) in [5.41, 5.74) is 7.22. The van der Waals surface area contributed by atoms with E-state index in [1.807, 2.05) is 72.8 Å². The van der Waals surface area contributed by atoms with Crippen LogP contribution in [0.1, 0.15) is 16.7 Å². The maximum absolute atomic E-state index is 10.3. The van der Waals surface area contributed by atoms with E-state index >= 15 is 0 Å². The molecular formula is C33H17N5. The molecule has 0 saturated carbocycles. The van der Waals surface area contributed by atoms with Crippen LogP contribution in [0, 0.1) is 34.0 Å². The molecule has 174 valence electrons. The fraction of sp³-hybridized carbons (Fsp3) is 0. The Bertz CT molecular complexity index is 2230. The zero-order valence-electron chi connectivity index (χ0n) is 20.1. The second-order valence-corrected chi connectivity index (χ2v) is 9.18. The fourth-order valence-electron chi connectivity index (χ4n) is 5.64. The molecule has 38 heavy (non-hydrogen) atoms. The number of fused-ring (bicyclic) bond motifs is 6. The van der Waals surface area contributed by atoms with Crippen LogP contribution in [0.4, 0.5) is 0 Å². The number of hydrogen-bond donors (Lipinski definition) is 0. The van der Waals surface area contributed by atoms with Crippen molar-refractivity contribution in [1.29, 1.82) is 15.8 Å². The molecule has 5 aromatic carbocycles. The molecule has 0 radical (unpaired) electrons. The minimum absolute atomic E-state index is 0.554. The van der Waals surface area contributed by atoms with Gasteiger partial charge in [0.2, 0.25) is 0 Å². The molecule has 5 heteroatoms. The SMILES string of the molecule is N#Cc1cccc(-n2c3ccccc3c3c(-n4c5ccccc5c5cc(C#N)ccc54)c(C#N)ccc32)c1. The molecule has 2 aromatic heterocycles. The molecule has 0 aliphatic rings. The highest BCUT2D eigenvalue weighted by Crippen LogP contribution is 2.41. The number of para-hydroxylation sites is 2. The first kappa shape index (κ1) is 21.5. The molecule has 5 nitrogen and oxygen atoms in total. The van der Waals surface area contributed by atoms with Crippen LogP contribution in [0.2, 0.25) is 0 Å². The van der Waals surface area contributed by atoms with Crippen LogP contribution < -0.4 is 0 Å². The smallest absolute Gasteiger partial charge is 0.101 e. The van der Waals surface area contributed by atoms with Crippen LogP contribution in [0.3, 0.4) is 0 Å². The predicted octanol–water partition coefficient (Wildman–Crippen LogP) is 7.50. The summed E-state index contributed by atoms with van der Waals surface area (Å²) in [6.45, 7) is 0. The molecular weight excluding hydrogens is 466 g/mol. The van der Waals surface area contributed by atoms with Crippen molar-refractivity contribution in [3.05, 3.63) is 120 Å². The highest BCUT2D eigenvalue weighted by molar-refractivity contribution is 6.17. The molecule has 0 amide bonds. The topological polar surface area (TPSA) is 81.2 Å². The number of nitrogens with zero attached hydrogens (tertiary/aromatic N) is 5. The van der Waals surface area contributed by atoms with Gasteiger partial charge in [-0.3, -0.25) is 0 Å². The summed E-state index contributed by atoms with van der Waals surface area (Å²) in [7, 11) is 0.